The summed E-state index contributed by atoms with van der Waals surface area (Å²) >= 11 is 0. The number of carbonyl (C=O) groups excluding carboxylic acids is 1. The number of oxazole rings is 1. The standard InChI is InChI=1S/C14H20N4O4/c1-14(2,3)22-12(19)17-5-4-16-9-7-10-11(6-8(9)15)21-13(20)18-10/h6-7,16H,4-5,15H2,1-3H3,(H,17,19)(H,18,20). The van der Waals surface area contributed by atoms with Crippen LogP contribution in [-0.4, -0.2) is 29.8 Å². The number of anilines is 2. The van der Waals surface area contributed by atoms with E-state index in [1.54, 1.807) is 32.9 Å². The number of ether oxygens (including phenoxy) is 1. The van der Waals surface area contributed by atoms with Crippen molar-refractivity contribution in [1.29, 1.82) is 0 Å². The molecule has 1 amide bonds. The molecule has 0 fully saturated rings. The molecule has 1 heterocycles. The van der Waals surface area contributed by atoms with E-state index in [-0.39, 0.29) is 0 Å². The third-order valence-electron chi connectivity index (χ3n) is 2.70. The average Bonchev–Trinajstić information content (AvgIpc) is 2.71. The molecule has 0 radical (unpaired) electrons. The zero-order chi connectivity index (χ0) is 16.3. The Morgan fingerprint density at radius 2 is 2.09 bits per heavy atom. The SMILES string of the molecule is CC(C)(C)OC(=O)NCCNc1cc2[nH]c(=O)oc2cc1N. The molecule has 0 unspecified atom stereocenters. The molecular weight excluding hydrogens is 288 g/mol. The quantitative estimate of drug-likeness (QED) is 0.503. The Balaban J connectivity index is 1.88. The smallest absolute Gasteiger partial charge is 0.417 e. The molecule has 0 aliphatic heterocycles. The summed E-state index contributed by atoms with van der Waals surface area (Å²) in [7, 11) is 0. The number of H-pyrrole nitrogens is 1. The number of nitrogens with two attached hydrogens (primary N) is 1. The van der Waals surface area contributed by atoms with Crippen LogP contribution in [0.1, 0.15) is 20.8 Å². The first-order valence-electron chi connectivity index (χ1n) is 6.88. The van der Waals surface area contributed by atoms with Gasteiger partial charge >= 0.3 is 11.8 Å². The molecule has 0 saturated heterocycles. The largest absolute Gasteiger partial charge is 0.444 e. The summed E-state index contributed by atoms with van der Waals surface area (Å²) < 4.78 is 10.0. The lowest BCUT2D eigenvalue weighted by Crippen LogP contribution is -2.35. The Hall–Kier alpha value is -2.64. The summed E-state index contributed by atoms with van der Waals surface area (Å²) in [5.41, 5.74) is 7.40. The van der Waals surface area contributed by atoms with Gasteiger partial charge in [0.05, 0.1) is 16.9 Å². The normalized spacial score (nSPS) is 11.4. The number of aromatic nitrogens is 1. The first-order chi connectivity index (χ1) is 10.2. The maximum atomic E-state index is 11.5. The summed E-state index contributed by atoms with van der Waals surface area (Å²) in [6.07, 6.45) is -0.475. The maximum absolute atomic E-state index is 11.5. The molecule has 8 nitrogen and oxygen atoms in total. The van der Waals surface area contributed by atoms with Crippen LogP contribution in [0.3, 0.4) is 0 Å². The van der Waals surface area contributed by atoms with Gasteiger partial charge in [-0.15, -0.1) is 0 Å². The lowest BCUT2D eigenvalue weighted by Gasteiger charge is -2.19. The van der Waals surface area contributed by atoms with E-state index in [1.165, 1.54) is 0 Å². The Morgan fingerprint density at radius 1 is 1.36 bits per heavy atom. The van der Waals surface area contributed by atoms with Crippen molar-refractivity contribution >= 4 is 28.6 Å². The third kappa shape index (κ3) is 4.18. The monoisotopic (exact) mass is 308 g/mol. The fourth-order valence-electron chi connectivity index (χ4n) is 1.84. The van der Waals surface area contributed by atoms with Crippen molar-refractivity contribution < 1.29 is 13.9 Å². The second kappa shape index (κ2) is 6.00. The Morgan fingerprint density at radius 3 is 2.77 bits per heavy atom. The van der Waals surface area contributed by atoms with Crippen molar-refractivity contribution in [3.8, 4) is 0 Å². The molecule has 2 rings (SSSR count). The minimum absolute atomic E-state index is 0.369. The summed E-state index contributed by atoms with van der Waals surface area (Å²) in [6.45, 7) is 6.22. The first-order valence-corrected chi connectivity index (χ1v) is 6.88. The number of alkyl carbamates (subject to hydrolysis) is 1. The van der Waals surface area contributed by atoms with Gasteiger partial charge in [0.25, 0.3) is 0 Å². The van der Waals surface area contributed by atoms with Gasteiger partial charge in [0.1, 0.15) is 5.60 Å². The number of hydrogen-bond acceptors (Lipinski definition) is 6. The van der Waals surface area contributed by atoms with E-state index >= 15 is 0 Å². The molecule has 1 aromatic heterocycles. The second-order valence-electron chi connectivity index (χ2n) is 5.81. The Labute approximate surface area is 127 Å². The van der Waals surface area contributed by atoms with Crippen LogP contribution in [-0.2, 0) is 4.74 Å². The highest BCUT2D eigenvalue weighted by atomic mass is 16.6. The summed E-state index contributed by atoms with van der Waals surface area (Å²) in [5, 5.41) is 5.70. The Bertz CT molecular complexity index is 726. The summed E-state index contributed by atoms with van der Waals surface area (Å²) in [6, 6.07) is 3.25. The van der Waals surface area contributed by atoms with Crippen molar-refractivity contribution in [2.75, 3.05) is 24.1 Å². The van der Waals surface area contributed by atoms with Gasteiger partial charge in [0.15, 0.2) is 5.58 Å². The molecule has 0 aliphatic carbocycles. The van der Waals surface area contributed by atoms with Gasteiger partial charge in [-0.05, 0) is 26.8 Å². The fourth-order valence-corrected chi connectivity index (χ4v) is 1.84. The maximum Gasteiger partial charge on any atom is 0.417 e. The third-order valence-corrected chi connectivity index (χ3v) is 2.70. The highest BCUT2D eigenvalue weighted by Crippen LogP contribution is 2.23. The number of nitrogens with one attached hydrogen (secondary N) is 3. The van der Waals surface area contributed by atoms with Crippen LogP contribution in [0.25, 0.3) is 11.1 Å². The van der Waals surface area contributed by atoms with E-state index < -0.39 is 17.5 Å². The van der Waals surface area contributed by atoms with Crippen LogP contribution in [0.2, 0.25) is 0 Å². The second-order valence-corrected chi connectivity index (χ2v) is 5.81. The van der Waals surface area contributed by atoms with Crippen molar-refractivity contribution in [2.24, 2.45) is 0 Å². The topological polar surface area (TPSA) is 122 Å². The van der Waals surface area contributed by atoms with Crippen LogP contribution >= 0.6 is 0 Å². The highest BCUT2D eigenvalue weighted by Gasteiger charge is 2.15. The summed E-state index contributed by atoms with van der Waals surface area (Å²) in [4.78, 5) is 25.1. The van der Waals surface area contributed by atoms with Gasteiger partial charge < -0.3 is 25.5 Å². The first kappa shape index (κ1) is 15.7. The molecular formula is C14H20N4O4. The lowest BCUT2D eigenvalue weighted by molar-refractivity contribution is 0.0530. The number of nitrogen functional groups attached to an aromatic ring is 1. The van der Waals surface area contributed by atoms with E-state index in [0.717, 1.165) is 0 Å². The average molecular weight is 308 g/mol. The molecule has 0 spiro atoms. The number of hydrogen-bond donors (Lipinski definition) is 4. The molecule has 2 aromatic rings. The van der Waals surface area contributed by atoms with Gasteiger partial charge in [-0.1, -0.05) is 0 Å². The van der Waals surface area contributed by atoms with Crippen LogP contribution < -0.4 is 22.1 Å². The molecule has 0 atom stereocenters. The zero-order valence-electron chi connectivity index (χ0n) is 12.8. The van der Waals surface area contributed by atoms with E-state index in [0.29, 0.717) is 35.6 Å². The zero-order valence-corrected chi connectivity index (χ0v) is 12.8. The van der Waals surface area contributed by atoms with Crippen LogP contribution in [0.15, 0.2) is 21.3 Å². The molecule has 0 saturated carbocycles. The molecule has 5 N–H and O–H groups in total. The van der Waals surface area contributed by atoms with Gasteiger partial charge in [0.2, 0.25) is 0 Å². The van der Waals surface area contributed by atoms with Gasteiger partial charge in [-0.25, -0.2) is 9.59 Å². The Kier molecular flexibility index (Phi) is 4.30. The van der Waals surface area contributed by atoms with Crippen molar-refractivity contribution in [2.45, 2.75) is 26.4 Å². The fraction of sp³-hybridized carbons (Fsp3) is 0.429. The minimum atomic E-state index is -0.529. The molecule has 120 valence electrons. The van der Waals surface area contributed by atoms with E-state index in [2.05, 4.69) is 15.6 Å². The van der Waals surface area contributed by atoms with Crippen molar-refractivity contribution in [1.82, 2.24) is 10.3 Å². The highest BCUT2D eigenvalue weighted by molar-refractivity contribution is 5.85. The number of amides is 1. The van der Waals surface area contributed by atoms with Gasteiger partial charge in [-0.2, -0.15) is 0 Å². The van der Waals surface area contributed by atoms with Crippen LogP contribution in [0.5, 0.6) is 0 Å². The molecule has 22 heavy (non-hydrogen) atoms. The van der Waals surface area contributed by atoms with Crippen molar-refractivity contribution in [3.05, 3.63) is 22.7 Å². The minimum Gasteiger partial charge on any atom is -0.444 e. The van der Waals surface area contributed by atoms with Crippen LogP contribution in [0.4, 0.5) is 16.2 Å². The van der Waals surface area contributed by atoms with E-state index in [1.807, 2.05) is 0 Å². The van der Waals surface area contributed by atoms with E-state index in [9.17, 15) is 9.59 Å². The predicted octanol–water partition coefficient (Wildman–Crippen LogP) is 1.64. The molecule has 0 bridgehead atoms. The van der Waals surface area contributed by atoms with Gasteiger partial charge in [-0.3, -0.25) is 4.98 Å². The van der Waals surface area contributed by atoms with Crippen molar-refractivity contribution in [3.63, 3.8) is 0 Å². The van der Waals surface area contributed by atoms with E-state index in [4.69, 9.17) is 14.9 Å². The summed E-state index contributed by atoms with van der Waals surface area (Å²) in [5.74, 6) is -0.529. The molecule has 0 aliphatic rings. The number of benzene rings is 1. The molecule has 1 aromatic carbocycles. The molecule has 8 heteroatoms. The lowest BCUT2D eigenvalue weighted by atomic mass is 10.2. The van der Waals surface area contributed by atoms with Crippen LogP contribution in [0, 0.1) is 0 Å². The van der Waals surface area contributed by atoms with Gasteiger partial charge in [0, 0.05) is 19.2 Å². The number of aromatic amines is 1. The number of carbonyl (C=O) groups is 1. The predicted molar refractivity (Wildman–Crippen MR) is 84.0 cm³/mol. The number of fused-ring (bicyclic) bond motifs is 1. The number of rotatable bonds is 4.